The van der Waals surface area contributed by atoms with Crippen LogP contribution in [0.4, 0.5) is 13.2 Å². The number of benzene rings is 7. The Labute approximate surface area is 339 Å². The molecule has 9 aromatic rings. The first-order chi connectivity index (χ1) is 29.1. The molecule has 60 heavy (non-hydrogen) atoms. The van der Waals surface area contributed by atoms with Crippen molar-refractivity contribution in [3.05, 3.63) is 166 Å². The molecule has 0 aliphatic heterocycles. The van der Waals surface area contributed by atoms with Crippen molar-refractivity contribution < 1.29 is 13.2 Å². The molecule has 0 bridgehead atoms. The molecule has 278 valence electrons. The third kappa shape index (κ3) is 5.64. The summed E-state index contributed by atoms with van der Waals surface area (Å²) in [5.41, 5.74) is 4.74. The fourth-order valence-electron chi connectivity index (χ4n) is 8.15. The van der Waals surface area contributed by atoms with Crippen LogP contribution in [0.2, 0.25) is 0 Å². The van der Waals surface area contributed by atoms with E-state index >= 15 is 0 Å². The maximum Gasteiger partial charge on any atom is 0.417 e. The van der Waals surface area contributed by atoms with Gasteiger partial charge in [0.05, 0.1) is 109 Å². The van der Waals surface area contributed by atoms with E-state index < -0.39 is 11.7 Å². The maximum absolute atomic E-state index is 14.8. The molecular weight excluding hydrogens is 758 g/mol. The van der Waals surface area contributed by atoms with Crippen LogP contribution in [-0.4, -0.2) is 9.13 Å². The normalized spacial score (nSPS) is 11.2. The molecule has 0 atom stereocenters. The largest absolute Gasteiger partial charge is 0.417 e. The number of aromatic nitrogens is 2. The van der Waals surface area contributed by atoms with Gasteiger partial charge in [-0.1, -0.05) is 18.2 Å². The van der Waals surface area contributed by atoms with Gasteiger partial charge in [0.25, 0.3) is 0 Å². The van der Waals surface area contributed by atoms with E-state index in [1.54, 1.807) is 115 Å². The van der Waals surface area contributed by atoms with Gasteiger partial charge in [0, 0.05) is 32.7 Å². The van der Waals surface area contributed by atoms with Gasteiger partial charge in [-0.05, 0) is 120 Å². The molecule has 0 N–H and O–H groups in total. The van der Waals surface area contributed by atoms with E-state index in [0.717, 1.165) is 6.07 Å². The predicted molar refractivity (Wildman–Crippen MR) is 219 cm³/mol. The number of hydrogen-bond acceptors (Lipinski definition) is 6. The second-order valence-electron chi connectivity index (χ2n) is 14.0. The minimum absolute atomic E-state index is 0.156. The Morgan fingerprint density at radius 3 is 1.27 bits per heavy atom. The lowest BCUT2D eigenvalue weighted by molar-refractivity contribution is -0.137. The first-order valence-electron chi connectivity index (χ1n) is 18.2. The average Bonchev–Trinajstić information content (AvgIpc) is 3.78. The SMILES string of the molecule is N#Cc1ccc(-c2ccc(-n3c4ccc(C#N)cc4c4cc(C#N)ccc43)c(-c3c(C#N)cccc3-n3c4ccc(C#N)cc4c4cc(C#N)ccc43)c2)c(C(F)(F)F)c1. The van der Waals surface area contributed by atoms with E-state index in [-0.39, 0.29) is 22.3 Å². The fourth-order valence-corrected chi connectivity index (χ4v) is 8.15. The molecule has 0 radical (unpaired) electrons. The first-order valence-corrected chi connectivity index (χ1v) is 18.2. The minimum atomic E-state index is -4.83. The summed E-state index contributed by atoms with van der Waals surface area (Å²) >= 11 is 0. The third-order valence-corrected chi connectivity index (χ3v) is 10.7. The van der Waals surface area contributed by atoms with Crippen molar-refractivity contribution in [2.45, 2.75) is 6.18 Å². The lowest BCUT2D eigenvalue weighted by Gasteiger charge is -2.21. The van der Waals surface area contributed by atoms with Crippen molar-refractivity contribution in [2.75, 3.05) is 0 Å². The van der Waals surface area contributed by atoms with Gasteiger partial charge in [-0.2, -0.15) is 44.7 Å². The Morgan fingerprint density at radius 1 is 0.400 bits per heavy atom. The lowest BCUT2D eigenvalue weighted by Crippen LogP contribution is -2.08. The molecule has 0 saturated heterocycles. The highest BCUT2D eigenvalue weighted by molar-refractivity contribution is 6.12. The van der Waals surface area contributed by atoms with Gasteiger partial charge in [0.1, 0.15) is 0 Å². The van der Waals surface area contributed by atoms with Gasteiger partial charge in [-0.25, -0.2) is 0 Å². The Hall–Kier alpha value is -9.13. The van der Waals surface area contributed by atoms with Crippen molar-refractivity contribution in [3.8, 4) is 70.0 Å². The van der Waals surface area contributed by atoms with E-state index in [1.165, 1.54) is 12.1 Å². The Kier molecular flexibility index (Phi) is 8.40. The third-order valence-electron chi connectivity index (χ3n) is 10.7. The maximum atomic E-state index is 14.8. The summed E-state index contributed by atoms with van der Waals surface area (Å²) in [6.45, 7) is 0. The molecule has 9 rings (SSSR count). The summed E-state index contributed by atoms with van der Waals surface area (Å²) < 4.78 is 48.1. The van der Waals surface area contributed by atoms with Gasteiger partial charge in [0.15, 0.2) is 0 Å². The Bertz CT molecular complexity index is 3480. The summed E-state index contributed by atoms with van der Waals surface area (Å²) in [5.74, 6) is 0. The number of rotatable bonds is 4. The molecule has 2 aromatic heterocycles. The Morgan fingerprint density at radius 2 is 0.833 bits per heavy atom. The average molecular weight is 779 g/mol. The van der Waals surface area contributed by atoms with Gasteiger partial charge >= 0.3 is 6.18 Å². The van der Waals surface area contributed by atoms with Crippen molar-refractivity contribution >= 4 is 43.6 Å². The molecule has 8 nitrogen and oxygen atoms in total. The highest BCUT2D eigenvalue weighted by Gasteiger charge is 2.34. The molecule has 0 aliphatic rings. The van der Waals surface area contributed by atoms with E-state index in [4.69, 9.17) is 0 Å². The number of nitriles is 6. The van der Waals surface area contributed by atoms with Crippen molar-refractivity contribution in [1.29, 1.82) is 31.6 Å². The van der Waals surface area contributed by atoms with Crippen molar-refractivity contribution in [3.63, 3.8) is 0 Å². The van der Waals surface area contributed by atoms with E-state index in [9.17, 15) is 44.7 Å². The van der Waals surface area contributed by atoms with Crippen LogP contribution in [0.25, 0.3) is 77.2 Å². The molecule has 0 spiro atoms. The number of alkyl halides is 3. The van der Waals surface area contributed by atoms with Crippen LogP contribution < -0.4 is 0 Å². The predicted octanol–water partition coefficient (Wildman–Crippen LogP) is 11.5. The van der Waals surface area contributed by atoms with E-state index in [2.05, 4.69) is 30.3 Å². The zero-order valence-corrected chi connectivity index (χ0v) is 30.8. The molecule has 0 unspecified atom stereocenters. The molecule has 7 aromatic carbocycles. The Balaban J connectivity index is 1.46. The number of fused-ring (bicyclic) bond motifs is 6. The van der Waals surface area contributed by atoms with Crippen LogP contribution in [0.1, 0.15) is 38.9 Å². The van der Waals surface area contributed by atoms with Gasteiger partial charge in [0.2, 0.25) is 0 Å². The fraction of sp³-hybridized carbons (Fsp3) is 0.0204. The number of nitrogens with zero attached hydrogens (tertiary/aromatic N) is 8. The second-order valence-corrected chi connectivity index (χ2v) is 14.0. The van der Waals surface area contributed by atoms with Crippen molar-refractivity contribution in [1.82, 2.24) is 9.13 Å². The summed E-state index contributed by atoms with van der Waals surface area (Å²) in [5, 5.41) is 62.4. The lowest BCUT2D eigenvalue weighted by atomic mass is 9.90. The number of hydrogen-bond donors (Lipinski definition) is 0. The zero-order valence-electron chi connectivity index (χ0n) is 30.8. The second kappa shape index (κ2) is 13.8. The standard InChI is InChI=1S/C49H21F3N8/c50-49(51,52)41-20-32(26-57)4-10-35(41)33-9-15-46(59-42-11-5-28(22-53)16-36(42)37-17-29(23-54)6-12-43(37)59)40(21-33)48-34(27-58)2-1-3-47(48)60-44-13-7-30(24-55)18-38(44)39-19-31(25-56)8-14-45(39)60/h1-21H. The van der Waals surface area contributed by atoms with Gasteiger partial charge < -0.3 is 9.13 Å². The summed E-state index contributed by atoms with van der Waals surface area (Å²) in [6.07, 6.45) is -4.83. The van der Waals surface area contributed by atoms with Crippen LogP contribution in [0.15, 0.2) is 127 Å². The van der Waals surface area contributed by atoms with Crippen LogP contribution in [-0.2, 0) is 6.18 Å². The van der Waals surface area contributed by atoms with E-state index in [1.807, 2.05) is 9.13 Å². The zero-order chi connectivity index (χ0) is 41.9. The topological polar surface area (TPSA) is 153 Å². The van der Waals surface area contributed by atoms with Crippen LogP contribution in [0, 0.1) is 68.0 Å². The van der Waals surface area contributed by atoms with Gasteiger partial charge in [-0.3, -0.25) is 0 Å². The van der Waals surface area contributed by atoms with Crippen LogP contribution in [0.3, 0.4) is 0 Å². The highest BCUT2D eigenvalue weighted by atomic mass is 19.4. The molecule has 0 saturated carbocycles. The summed E-state index contributed by atoms with van der Waals surface area (Å²) in [6, 6.07) is 46.8. The molecule has 2 heterocycles. The quantitative estimate of drug-likeness (QED) is 0.173. The monoisotopic (exact) mass is 778 g/mol. The van der Waals surface area contributed by atoms with Crippen LogP contribution >= 0.6 is 0 Å². The molecule has 0 amide bonds. The summed E-state index contributed by atoms with van der Waals surface area (Å²) in [7, 11) is 0. The van der Waals surface area contributed by atoms with Gasteiger partial charge in [-0.15, -0.1) is 0 Å². The molecule has 0 fully saturated rings. The minimum Gasteiger partial charge on any atom is -0.309 e. The molecule has 0 aliphatic carbocycles. The van der Waals surface area contributed by atoms with Crippen LogP contribution in [0.5, 0.6) is 0 Å². The highest BCUT2D eigenvalue weighted by Crippen LogP contribution is 2.45. The molecule has 11 heteroatoms. The first kappa shape index (κ1) is 36.5. The smallest absolute Gasteiger partial charge is 0.309 e. The van der Waals surface area contributed by atoms with E-state index in [0.29, 0.717) is 88.4 Å². The summed E-state index contributed by atoms with van der Waals surface area (Å²) in [4.78, 5) is 0. The van der Waals surface area contributed by atoms with Crippen molar-refractivity contribution in [2.24, 2.45) is 0 Å². The number of halogens is 3. The molecular formula is C49H21F3N8.